The lowest BCUT2D eigenvalue weighted by atomic mass is 10.3. The van der Waals surface area contributed by atoms with E-state index in [9.17, 15) is 4.79 Å². The summed E-state index contributed by atoms with van der Waals surface area (Å²) in [5.74, 6) is -0.108. The molecule has 1 atom stereocenters. The van der Waals surface area contributed by atoms with Gasteiger partial charge < -0.3 is 5.32 Å². The summed E-state index contributed by atoms with van der Waals surface area (Å²) >= 11 is 13.4. The van der Waals surface area contributed by atoms with Crippen molar-refractivity contribution in [3.05, 3.63) is 58.6 Å². The molecule has 0 unspecified atom stereocenters. The highest BCUT2D eigenvalue weighted by molar-refractivity contribution is 8.00. The van der Waals surface area contributed by atoms with Crippen LogP contribution in [0.25, 0.3) is 0 Å². The van der Waals surface area contributed by atoms with E-state index >= 15 is 0 Å². The molecule has 0 spiro atoms. The molecule has 1 N–H and O–H groups in total. The van der Waals surface area contributed by atoms with E-state index in [0.29, 0.717) is 15.7 Å². The molecule has 0 heterocycles. The van der Waals surface area contributed by atoms with E-state index in [1.54, 1.807) is 18.2 Å². The minimum Gasteiger partial charge on any atom is -0.324 e. The number of rotatable bonds is 4. The fourth-order valence-electron chi connectivity index (χ4n) is 1.58. The second-order valence-corrected chi connectivity index (χ2v) is 6.44. The topological polar surface area (TPSA) is 29.1 Å². The zero-order valence-corrected chi connectivity index (χ0v) is 13.1. The van der Waals surface area contributed by atoms with Crippen LogP contribution in [0.15, 0.2) is 53.4 Å². The van der Waals surface area contributed by atoms with Gasteiger partial charge in [-0.15, -0.1) is 11.8 Å². The first-order valence-electron chi connectivity index (χ1n) is 6.04. The maximum atomic E-state index is 12.1. The van der Waals surface area contributed by atoms with Gasteiger partial charge in [0, 0.05) is 9.92 Å². The Morgan fingerprint density at radius 3 is 2.55 bits per heavy atom. The van der Waals surface area contributed by atoms with Gasteiger partial charge in [0.2, 0.25) is 5.91 Å². The Balaban J connectivity index is 2.02. The molecule has 0 aliphatic heterocycles. The molecule has 5 heteroatoms. The van der Waals surface area contributed by atoms with E-state index in [0.717, 1.165) is 4.90 Å². The minimum absolute atomic E-state index is 0.108. The van der Waals surface area contributed by atoms with Crippen molar-refractivity contribution in [2.75, 3.05) is 5.32 Å². The molecule has 0 aromatic heterocycles. The number of anilines is 1. The molecular weight excluding hydrogens is 313 g/mol. The normalized spacial score (nSPS) is 11.9. The Hall–Kier alpha value is -1.16. The lowest BCUT2D eigenvalue weighted by Gasteiger charge is -2.13. The van der Waals surface area contributed by atoms with Crippen molar-refractivity contribution >= 4 is 46.6 Å². The highest BCUT2D eigenvalue weighted by atomic mass is 35.5. The van der Waals surface area contributed by atoms with Crippen LogP contribution in [0.1, 0.15) is 6.92 Å². The van der Waals surface area contributed by atoms with Crippen molar-refractivity contribution in [2.45, 2.75) is 17.1 Å². The molecule has 104 valence electrons. The summed E-state index contributed by atoms with van der Waals surface area (Å²) in [5, 5.41) is 3.57. The molecule has 0 aliphatic carbocycles. The number of carbonyl (C=O) groups excluding carboxylic acids is 1. The van der Waals surface area contributed by atoms with Crippen molar-refractivity contribution in [3.63, 3.8) is 0 Å². The number of hydrogen-bond acceptors (Lipinski definition) is 2. The molecule has 0 bridgehead atoms. The number of carbonyl (C=O) groups is 1. The van der Waals surface area contributed by atoms with E-state index in [4.69, 9.17) is 23.2 Å². The monoisotopic (exact) mass is 325 g/mol. The fourth-order valence-corrected chi connectivity index (χ4v) is 2.81. The Bertz CT molecular complexity index is 604. The summed E-state index contributed by atoms with van der Waals surface area (Å²) in [6.07, 6.45) is 0. The zero-order valence-electron chi connectivity index (χ0n) is 10.8. The predicted octanol–water partition coefficient (Wildman–Crippen LogP) is 5.11. The van der Waals surface area contributed by atoms with Crippen LogP contribution in [0, 0.1) is 0 Å². The van der Waals surface area contributed by atoms with Gasteiger partial charge in [-0.2, -0.15) is 0 Å². The molecule has 0 saturated heterocycles. The molecule has 0 radical (unpaired) electrons. The molecule has 20 heavy (non-hydrogen) atoms. The first-order valence-corrected chi connectivity index (χ1v) is 7.67. The summed E-state index contributed by atoms with van der Waals surface area (Å²) in [6, 6.07) is 14.8. The minimum atomic E-state index is -0.229. The van der Waals surface area contributed by atoms with Crippen LogP contribution in [0.3, 0.4) is 0 Å². The third-order valence-electron chi connectivity index (χ3n) is 2.61. The average Bonchev–Trinajstić information content (AvgIpc) is 2.44. The Labute approximate surface area is 132 Å². The van der Waals surface area contributed by atoms with Crippen LogP contribution in [-0.2, 0) is 4.79 Å². The molecule has 2 nitrogen and oxygen atoms in total. The Morgan fingerprint density at radius 2 is 1.85 bits per heavy atom. The fraction of sp³-hybridized carbons (Fsp3) is 0.133. The van der Waals surface area contributed by atoms with E-state index in [1.165, 1.54) is 11.8 Å². The van der Waals surface area contributed by atoms with Crippen molar-refractivity contribution in [2.24, 2.45) is 0 Å². The molecule has 2 aromatic rings. The standard InChI is InChI=1S/C15H13Cl2NOS/c1-10(20-12-5-3-2-4-6-12)15(19)18-14-9-11(16)7-8-13(14)17/h2-10H,1H3,(H,18,19)/t10-/m1/s1. The Kier molecular flexibility index (Phi) is 5.35. The van der Waals surface area contributed by atoms with Gasteiger partial charge in [-0.05, 0) is 37.3 Å². The molecule has 2 aromatic carbocycles. The number of halogens is 2. The molecular formula is C15H13Cl2NOS. The van der Waals surface area contributed by atoms with Crippen LogP contribution in [-0.4, -0.2) is 11.2 Å². The van der Waals surface area contributed by atoms with Gasteiger partial charge in [-0.3, -0.25) is 4.79 Å². The van der Waals surface area contributed by atoms with E-state index in [2.05, 4.69) is 5.32 Å². The predicted molar refractivity (Wildman–Crippen MR) is 86.9 cm³/mol. The second kappa shape index (κ2) is 7.02. The lowest BCUT2D eigenvalue weighted by molar-refractivity contribution is -0.115. The van der Waals surface area contributed by atoms with Crippen LogP contribution in [0.5, 0.6) is 0 Å². The molecule has 0 saturated carbocycles. The number of amides is 1. The largest absolute Gasteiger partial charge is 0.324 e. The molecule has 2 rings (SSSR count). The van der Waals surface area contributed by atoms with Crippen LogP contribution in [0.2, 0.25) is 10.0 Å². The molecule has 0 aliphatic rings. The first kappa shape index (κ1) is 15.2. The zero-order chi connectivity index (χ0) is 14.5. The number of thioether (sulfide) groups is 1. The third-order valence-corrected chi connectivity index (χ3v) is 4.29. The number of benzene rings is 2. The van der Waals surface area contributed by atoms with Gasteiger partial charge in [0.15, 0.2) is 0 Å². The van der Waals surface area contributed by atoms with Gasteiger partial charge >= 0.3 is 0 Å². The van der Waals surface area contributed by atoms with Gasteiger partial charge in [-0.25, -0.2) is 0 Å². The van der Waals surface area contributed by atoms with Crippen molar-refractivity contribution < 1.29 is 4.79 Å². The average molecular weight is 326 g/mol. The summed E-state index contributed by atoms with van der Waals surface area (Å²) in [6.45, 7) is 1.85. The quantitative estimate of drug-likeness (QED) is 0.791. The first-order chi connectivity index (χ1) is 9.56. The van der Waals surface area contributed by atoms with Gasteiger partial charge in [0.05, 0.1) is 16.0 Å². The van der Waals surface area contributed by atoms with Crippen LogP contribution in [0.4, 0.5) is 5.69 Å². The second-order valence-electron chi connectivity index (χ2n) is 4.19. The highest BCUT2D eigenvalue weighted by Crippen LogP contribution is 2.28. The number of nitrogens with one attached hydrogen (secondary N) is 1. The molecule has 1 amide bonds. The van der Waals surface area contributed by atoms with Gasteiger partial charge in [0.1, 0.15) is 0 Å². The third kappa shape index (κ3) is 4.17. The smallest absolute Gasteiger partial charge is 0.237 e. The van der Waals surface area contributed by atoms with Crippen LogP contribution >= 0.6 is 35.0 Å². The number of hydrogen-bond donors (Lipinski definition) is 1. The highest BCUT2D eigenvalue weighted by Gasteiger charge is 2.15. The van der Waals surface area contributed by atoms with E-state index in [1.807, 2.05) is 37.3 Å². The van der Waals surface area contributed by atoms with Crippen molar-refractivity contribution in [1.29, 1.82) is 0 Å². The summed E-state index contributed by atoms with van der Waals surface area (Å²) in [5.41, 5.74) is 0.532. The summed E-state index contributed by atoms with van der Waals surface area (Å²) < 4.78 is 0. The summed E-state index contributed by atoms with van der Waals surface area (Å²) in [7, 11) is 0. The van der Waals surface area contributed by atoms with Crippen molar-refractivity contribution in [3.8, 4) is 0 Å². The maximum Gasteiger partial charge on any atom is 0.237 e. The van der Waals surface area contributed by atoms with E-state index in [-0.39, 0.29) is 11.2 Å². The SMILES string of the molecule is C[C@@H](Sc1ccccc1)C(=O)Nc1cc(Cl)ccc1Cl. The van der Waals surface area contributed by atoms with Crippen molar-refractivity contribution in [1.82, 2.24) is 0 Å². The molecule has 0 fully saturated rings. The summed E-state index contributed by atoms with van der Waals surface area (Å²) in [4.78, 5) is 13.2. The van der Waals surface area contributed by atoms with Crippen LogP contribution < -0.4 is 5.32 Å². The maximum absolute atomic E-state index is 12.1. The Morgan fingerprint density at radius 1 is 1.15 bits per heavy atom. The lowest BCUT2D eigenvalue weighted by Crippen LogP contribution is -2.22. The van der Waals surface area contributed by atoms with Gasteiger partial charge in [0.25, 0.3) is 0 Å². The van der Waals surface area contributed by atoms with E-state index < -0.39 is 0 Å². The van der Waals surface area contributed by atoms with Gasteiger partial charge in [-0.1, -0.05) is 41.4 Å².